The Kier molecular flexibility index (Phi) is 4.71. The van der Waals surface area contributed by atoms with Crippen LogP contribution in [0.2, 0.25) is 0 Å². The van der Waals surface area contributed by atoms with Crippen LogP contribution in [-0.2, 0) is 20.7 Å². The number of hydrogen-bond donors (Lipinski definition) is 0. The fraction of sp³-hybridized carbons (Fsp3) is 0.529. The van der Waals surface area contributed by atoms with Gasteiger partial charge in [0.05, 0.1) is 24.9 Å². The first-order valence-electron chi connectivity index (χ1n) is 8.54. The molecule has 25 heavy (non-hydrogen) atoms. The van der Waals surface area contributed by atoms with Gasteiger partial charge in [-0.2, -0.15) is 5.10 Å². The summed E-state index contributed by atoms with van der Waals surface area (Å²) < 4.78 is 13.9. The van der Waals surface area contributed by atoms with Gasteiger partial charge in [0, 0.05) is 50.5 Å². The van der Waals surface area contributed by atoms with E-state index in [4.69, 9.17) is 9.47 Å². The molecule has 4 heterocycles. The summed E-state index contributed by atoms with van der Waals surface area (Å²) >= 11 is 0. The minimum Gasteiger partial charge on any atom is -0.371 e. The molecule has 4 rings (SSSR count). The van der Waals surface area contributed by atoms with E-state index in [0.29, 0.717) is 39.1 Å². The highest BCUT2D eigenvalue weighted by Crippen LogP contribution is 2.24. The first-order valence-corrected chi connectivity index (χ1v) is 8.54. The molecule has 2 aliphatic rings. The molecular formula is C17H21N5O3. The summed E-state index contributed by atoms with van der Waals surface area (Å²) in [6.07, 6.45) is 9.53. The molecule has 2 aromatic heterocycles. The van der Waals surface area contributed by atoms with Crippen LogP contribution in [0.3, 0.4) is 0 Å². The van der Waals surface area contributed by atoms with Crippen molar-refractivity contribution in [2.45, 2.75) is 31.1 Å². The standard InChI is InChI=1S/C17H21N5O3/c23-17(3-2-13-8-18-5-6-19-13)21-9-15-16(10-21)25-12-14(11-24-15)22-7-1-4-20-22/h1,4-8,14-16H,2-3,9-12H2/t15-,16-/m0/s1. The van der Waals surface area contributed by atoms with Crippen LogP contribution in [0.15, 0.2) is 37.1 Å². The molecule has 2 aromatic rings. The molecule has 132 valence electrons. The Balaban J connectivity index is 1.29. The number of aromatic nitrogens is 4. The maximum absolute atomic E-state index is 12.5. The lowest BCUT2D eigenvalue weighted by Gasteiger charge is -2.19. The van der Waals surface area contributed by atoms with Crippen LogP contribution in [0.5, 0.6) is 0 Å². The van der Waals surface area contributed by atoms with Crippen LogP contribution in [0.4, 0.5) is 0 Å². The second-order valence-corrected chi connectivity index (χ2v) is 6.38. The van der Waals surface area contributed by atoms with Gasteiger partial charge in [-0.15, -0.1) is 0 Å². The summed E-state index contributed by atoms with van der Waals surface area (Å²) in [6, 6.07) is 1.98. The SMILES string of the molecule is O=C(CCc1cnccn1)N1C[C@@H]2OCC(n3cccn3)CO[C@H]2C1. The van der Waals surface area contributed by atoms with E-state index in [1.807, 2.05) is 21.8 Å². The smallest absolute Gasteiger partial charge is 0.223 e. The number of likely N-dealkylation sites (tertiary alicyclic amines) is 1. The first-order chi connectivity index (χ1) is 12.3. The van der Waals surface area contributed by atoms with E-state index < -0.39 is 0 Å². The summed E-state index contributed by atoms with van der Waals surface area (Å²) in [4.78, 5) is 22.5. The van der Waals surface area contributed by atoms with Crippen molar-refractivity contribution < 1.29 is 14.3 Å². The minimum absolute atomic E-state index is 0.0685. The molecule has 0 aromatic carbocycles. The molecule has 0 radical (unpaired) electrons. The van der Waals surface area contributed by atoms with E-state index in [1.54, 1.807) is 24.8 Å². The third-order valence-corrected chi connectivity index (χ3v) is 4.68. The average Bonchev–Trinajstić information content (AvgIpc) is 3.28. The predicted octanol–water partition coefficient (Wildman–Crippen LogP) is 0.473. The highest BCUT2D eigenvalue weighted by Gasteiger charge is 2.39. The maximum Gasteiger partial charge on any atom is 0.223 e. The summed E-state index contributed by atoms with van der Waals surface area (Å²) in [6.45, 7) is 2.25. The summed E-state index contributed by atoms with van der Waals surface area (Å²) in [5.41, 5.74) is 0.832. The Morgan fingerprint density at radius 2 is 1.96 bits per heavy atom. The Bertz CT molecular complexity index is 678. The Labute approximate surface area is 145 Å². The van der Waals surface area contributed by atoms with E-state index in [2.05, 4.69) is 15.1 Å². The third-order valence-electron chi connectivity index (χ3n) is 4.68. The number of aryl methyl sites for hydroxylation is 1. The molecule has 8 nitrogen and oxygen atoms in total. The average molecular weight is 343 g/mol. The van der Waals surface area contributed by atoms with Gasteiger partial charge in [0.1, 0.15) is 12.2 Å². The van der Waals surface area contributed by atoms with Gasteiger partial charge in [-0.25, -0.2) is 0 Å². The van der Waals surface area contributed by atoms with Crippen molar-refractivity contribution in [3.05, 3.63) is 42.7 Å². The molecular weight excluding hydrogens is 322 g/mol. The van der Waals surface area contributed by atoms with Crippen molar-refractivity contribution >= 4 is 5.91 Å². The van der Waals surface area contributed by atoms with E-state index in [-0.39, 0.29) is 24.2 Å². The highest BCUT2D eigenvalue weighted by atomic mass is 16.6. The zero-order valence-corrected chi connectivity index (χ0v) is 13.9. The molecule has 0 N–H and O–H groups in total. The van der Waals surface area contributed by atoms with Crippen molar-refractivity contribution in [2.75, 3.05) is 26.3 Å². The number of hydrogen-bond acceptors (Lipinski definition) is 6. The van der Waals surface area contributed by atoms with Gasteiger partial charge < -0.3 is 14.4 Å². The predicted molar refractivity (Wildman–Crippen MR) is 87.7 cm³/mol. The van der Waals surface area contributed by atoms with Crippen LogP contribution in [0, 0.1) is 0 Å². The number of fused-ring (bicyclic) bond motifs is 1. The van der Waals surface area contributed by atoms with Gasteiger partial charge in [-0.3, -0.25) is 19.4 Å². The van der Waals surface area contributed by atoms with Crippen molar-refractivity contribution in [1.29, 1.82) is 0 Å². The quantitative estimate of drug-likeness (QED) is 0.803. The molecule has 2 aliphatic heterocycles. The Morgan fingerprint density at radius 3 is 2.60 bits per heavy atom. The van der Waals surface area contributed by atoms with Crippen LogP contribution < -0.4 is 0 Å². The van der Waals surface area contributed by atoms with E-state index in [0.717, 1.165) is 5.69 Å². The van der Waals surface area contributed by atoms with Crippen LogP contribution >= 0.6 is 0 Å². The lowest BCUT2D eigenvalue weighted by molar-refractivity contribution is -0.131. The van der Waals surface area contributed by atoms with Gasteiger partial charge in [0.15, 0.2) is 0 Å². The molecule has 0 aliphatic carbocycles. The summed E-state index contributed by atoms with van der Waals surface area (Å²) in [5.74, 6) is 0.106. The molecule has 2 saturated heterocycles. The molecule has 0 saturated carbocycles. The van der Waals surface area contributed by atoms with Crippen molar-refractivity contribution in [3.63, 3.8) is 0 Å². The van der Waals surface area contributed by atoms with Crippen LogP contribution in [-0.4, -0.2) is 69.1 Å². The summed E-state index contributed by atoms with van der Waals surface area (Å²) in [7, 11) is 0. The minimum atomic E-state index is -0.0685. The topological polar surface area (TPSA) is 82.4 Å². The monoisotopic (exact) mass is 343 g/mol. The molecule has 2 fully saturated rings. The molecule has 0 bridgehead atoms. The second-order valence-electron chi connectivity index (χ2n) is 6.38. The number of rotatable bonds is 4. The van der Waals surface area contributed by atoms with E-state index in [9.17, 15) is 4.79 Å². The molecule has 0 spiro atoms. The number of carbonyl (C=O) groups excluding carboxylic acids is 1. The zero-order chi connectivity index (χ0) is 17.1. The number of amides is 1. The van der Waals surface area contributed by atoms with Crippen LogP contribution in [0.25, 0.3) is 0 Å². The fourth-order valence-corrected chi connectivity index (χ4v) is 3.29. The van der Waals surface area contributed by atoms with Gasteiger partial charge in [0.25, 0.3) is 0 Å². The van der Waals surface area contributed by atoms with Gasteiger partial charge in [-0.05, 0) is 12.5 Å². The Hall–Kier alpha value is -2.32. The van der Waals surface area contributed by atoms with Crippen LogP contribution in [0.1, 0.15) is 18.2 Å². The third kappa shape index (κ3) is 3.69. The first kappa shape index (κ1) is 16.2. The molecule has 8 heteroatoms. The van der Waals surface area contributed by atoms with Crippen molar-refractivity contribution in [1.82, 2.24) is 24.6 Å². The van der Waals surface area contributed by atoms with Crippen molar-refractivity contribution in [3.8, 4) is 0 Å². The lowest BCUT2D eigenvalue weighted by atomic mass is 10.2. The lowest BCUT2D eigenvalue weighted by Crippen LogP contribution is -2.31. The molecule has 1 amide bonds. The second kappa shape index (κ2) is 7.28. The normalized spacial score (nSPS) is 24.1. The summed E-state index contributed by atoms with van der Waals surface area (Å²) in [5, 5.41) is 4.25. The zero-order valence-electron chi connectivity index (χ0n) is 13.9. The number of nitrogens with zero attached hydrogens (tertiary/aromatic N) is 5. The molecule has 2 atom stereocenters. The van der Waals surface area contributed by atoms with Gasteiger partial charge in [-0.1, -0.05) is 0 Å². The van der Waals surface area contributed by atoms with Gasteiger partial charge >= 0.3 is 0 Å². The highest BCUT2D eigenvalue weighted by molar-refractivity contribution is 5.76. The van der Waals surface area contributed by atoms with Gasteiger partial charge in [0.2, 0.25) is 5.91 Å². The van der Waals surface area contributed by atoms with Crippen molar-refractivity contribution in [2.24, 2.45) is 0 Å². The molecule has 0 unspecified atom stereocenters. The van der Waals surface area contributed by atoms with E-state index >= 15 is 0 Å². The largest absolute Gasteiger partial charge is 0.371 e. The Morgan fingerprint density at radius 1 is 1.16 bits per heavy atom. The fourth-order valence-electron chi connectivity index (χ4n) is 3.29. The number of ether oxygens (including phenoxy) is 2. The number of carbonyl (C=O) groups is 1. The maximum atomic E-state index is 12.5. The van der Waals surface area contributed by atoms with E-state index in [1.165, 1.54) is 0 Å².